The van der Waals surface area contributed by atoms with Crippen LogP contribution in [-0.4, -0.2) is 73.1 Å². The number of benzene rings is 2. The Morgan fingerprint density at radius 2 is 1.95 bits per heavy atom. The number of aliphatic hydroxyl groups is 3. The molecule has 0 bridgehead atoms. The summed E-state index contributed by atoms with van der Waals surface area (Å²) in [6.45, 7) is -0.0817. The molecule has 3 heterocycles. The van der Waals surface area contributed by atoms with Crippen LogP contribution in [0.25, 0.3) is 11.2 Å². The number of imidazole rings is 1. The Morgan fingerprint density at radius 3 is 2.68 bits per heavy atom. The van der Waals surface area contributed by atoms with Crippen LogP contribution in [0.1, 0.15) is 17.4 Å². The molecule has 4 atom stereocenters. The average molecular weight is 522 g/mol. The number of nitrogens with one attached hydrogen (secondary N) is 1. The number of ether oxygens (including phenoxy) is 3. The van der Waals surface area contributed by atoms with Gasteiger partial charge in [-0.2, -0.15) is 5.10 Å². The minimum Gasteiger partial charge on any atom is -0.493 e. The van der Waals surface area contributed by atoms with Gasteiger partial charge in [0.05, 0.1) is 19.9 Å². The van der Waals surface area contributed by atoms with Crippen LogP contribution < -0.4 is 20.6 Å². The van der Waals surface area contributed by atoms with E-state index in [0.717, 1.165) is 5.56 Å². The van der Waals surface area contributed by atoms with Crippen molar-refractivity contribution < 1.29 is 29.5 Å². The Labute approximate surface area is 217 Å². The Morgan fingerprint density at radius 1 is 1.13 bits per heavy atom. The van der Waals surface area contributed by atoms with Crippen LogP contribution in [0.2, 0.25) is 0 Å². The van der Waals surface area contributed by atoms with Gasteiger partial charge in [-0.25, -0.2) is 20.4 Å². The predicted octanol–water partition coefficient (Wildman–Crippen LogP) is 1.05. The molecule has 1 fully saturated rings. The summed E-state index contributed by atoms with van der Waals surface area (Å²) in [5, 5.41) is 34.6. The Hall–Kier alpha value is -4.30. The average Bonchev–Trinajstić information content (AvgIpc) is 3.45. The minimum absolute atomic E-state index is 0.114. The van der Waals surface area contributed by atoms with Crippen molar-refractivity contribution >= 4 is 29.1 Å². The second-order valence-corrected chi connectivity index (χ2v) is 8.52. The molecular weight excluding hydrogens is 494 g/mol. The van der Waals surface area contributed by atoms with Crippen LogP contribution in [0, 0.1) is 0 Å². The largest absolute Gasteiger partial charge is 0.493 e. The lowest BCUT2D eigenvalue weighted by Gasteiger charge is -2.18. The van der Waals surface area contributed by atoms with E-state index < -0.39 is 31.1 Å². The molecule has 5 rings (SSSR count). The Bertz CT molecular complexity index is 1430. The van der Waals surface area contributed by atoms with Crippen molar-refractivity contribution in [3.8, 4) is 11.5 Å². The van der Waals surface area contributed by atoms with Crippen LogP contribution in [0.3, 0.4) is 0 Å². The second kappa shape index (κ2) is 11.0. The van der Waals surface area contributed by atoms with Gasteiger partial charge in [0.2, 0.25) is 5.95 Å². The molecule has 0 aliphatic carbocycles. The van der Waals surface area contributed by atoms with Crippen LogP contribution in [0.5, 0.6) is 11.5 Å². The fraction of sp³-hybridized carbons (Fsp3) is 0.280. The number of aliphatic hydroxyl groups excluding tert-OH is 3. The van der Waals surface area contributed by atoms with E-state index in [-0.39, 0.29) is 22.9 Å². The third-order valence-electron chi connectivity index (χ3n) is 6.08. The van der Waals surface area contributed by atoms with E-state index in [1.165, 1.54) is 10.9 Å². The topological polar surface area (TPSA) is 182 Å². The van der Waals surface area contributed by atoms with Gasteiger partial charge in [-0.15, -0.1) is 0 Å². The molecule has 6 N–H and O–H groups in total. The predicted molar refractivity (Wildman–Crippen MR) is 138 cm³/mol. The first-order chi connectivity index (χ1) is 18.5. The molecular formula is C25H27N7O6. The lowest BCUT2D eigenvalue weighted by atomic mass is 10.1. The maximum atomic E-state index is 10.6. The fourth-order valence-corrected chi connectivity index (χ4v) is 4.12. The zero-order valence-corrected chi connectivity index (χ0v) is 20.4. The lowest BCUT2D eigenvalue weighted by Crippen LogP contribution is -2.33. The molecule has 198 valence electrons. The van der Waals surface area contributed by atoms with Crippen molar-refractivity contribution in [2.45, 2.75) is 31.1 Å². The lowest BCUT2D eigenvalue weighted by molar-refractivity contribution is -0.0501. The van der Waals surface area contributed by atoms with Gasteiger partial charge in [-0.05, 0) is 29.3 Å². The highest BCUT2D eigenvalue weighted by molar-refractivity contribution is 5.85. The molecule has 1 aliphatic rings. The van der Waals surface area contributed by atoms with Crippen molar-refractivity contribution in [2.24, 2.45) is 5.10 Å². The standard InChI is InChI=1S/C25H27N7O6/c1-36-17-9-15(7-8-16(17)37-12-14-5-3-2-4-6-14)10-29-31-25-30-19-22(26)27-13-28-23(19)32(25)24-21(35)20(34)18(11-33)38-24/h2-10,13,18,20-21,24,33-35H,11-12H2,1H3,(H,30,31)(H2,26,27,28)/t18-,20+,21+,24+/m0/s1. The number of hydrogen-bond donors (Lipinski definition) is 5. The Kier molecular flexibility index (Phi) is 7.33. The second-order valence-electron chi connectivity index (χ2n) is 8.52. The number of hydrazone groups is 1. The summed E-state index contributed by atoms with van der Waals surface area (Å²) in [5.41, 5.74) is 11.0. The van der Waals surface area contributed by atoms with E-state index in [1.54, 1.807) is 25.5 Å². The molecule has 2 aromatic heterocycles. The monoisotopic (exact) mass is 521 g/mol. The normalized spacial score (nSPS) is 21.3. The molecule has 13 heteroatoms. The first-order valence-electron chi connectivity index (χ1n) is 11.7. The third-order valence-corrected chi connectivity index (χ3v) is 6.08. The fourth-order valence-electron chi connectivity index (χ4n) is 4.12. The number of fused-ring (bicyclic) bond motifs is 1. The van der Waals surface area contributed by atoms with Gasteiger partial charge in [-0.3, -0.25) is 4.57 Å². The van der Waals surface area contributed by atoms with Gasteiger partial charge >= 0.3 is 0 Å². The Balaban J connectivity index is 1.37. The van der Waals surface area contributed by atoms with Crippen molar-refractivity contribution in [1.29, 1.82) is 0 Å². The van der Waals surface area contributed by atoms with Crippen LogP contribution in [-0.2, 0) is 11.3 Å². The van der Waals surface area contributed by atoms with Crippen LogP contribution in [0.15, 0.2) is 60.0 Å². The zero-order chi connectivity index (χ0) is 26.6. The number of hydrogen-bond acceptors (Lipinski definition) is 12. The summed E-state index contributed by atoms with van der Waals surface area (Å²) < 4.78 is 18.5. The molecule has 0 spiro atoms. The number of anilines is 2. The van der Waals surface area contributed by atoms with Gasteiger partial charge in [-0.1, -0.05) is 30.3 Å². The molecule has 2 aromatic carbocycles. The highest BCUT2D eigenvalue weighted by atomic mass is 16.6. The highest BCUT2D eigenvalue weighted by Gasteiger charge is 2.45. The van der Waals surface area contributed by atoms with E-state index in [1.807, 2.05) is 36.4 Å². The maximum absolute atomic E-state index is 10.6. The van der Waals surface area contributed by atoms with Gasteiger partial charge in [0.1, 0.15) is 31.2 Å². The van der Waals surface area contributed by atoms with E-state index in [0.29, 0.717) is 23.7 Å². The molecule has 1 saturated heterocycles. The summed E-state index contributed by atoms with van der Waals surface area (Å²) in [4.78, 5) is 12.6. The summed E-state index contributed by atoms with van der Waals surface area (Å²) in [6.07, 6.45) is -1.98. The summed E-state index contributed by atoms with van der Waals surface area (Å²) in [6, 6.07) is 15.2. The number of aromatic nitrogens is 4. The van der Waals surface area contributed by atoms with Gasteiger partial charge in [0.25, 0.3) is 0 Å². The van der Waals surface area contributed by atoms with E-state index in [4.69, 9.17) is 19.9 Å². The van der Waals surface area contributed by atoms with E-state index in [2.05, 4.69) is 25.5 Å². The number of nitrogens with two attached hydrogens (primary N) is 1. The molecule has 0 saturated carbocycles. The minimum atomic E-state index is -1.36. The number of nitrogens with zero attached hydrogens (tertiary/aromatic N) is 5. The summed E-state index contributed by atoms with van der Waals surface area (Å²) in [7, 11) is 1.55. The molecule has 0 amide bonds. The first kappa shape index (κ1) is 25.4. The van der Waals surface area contributed by atoms with E-state index >= 15 is 0 Å². The zero-order valence-electron chi connectivity index (χ0n) is 20.4. The maximum Gasteiger partial charge on any atom is 0.228 e. The summed E-state index contributed by atoms with van der Waals surface area (Å²) in [5.74, 6) is 1.37. The third kappa shape index (κ3) is 4.95. The smallest absolute Gasteiger partial charge is 0.228 e. The van der Waals surface area contributed by atoms with Crippen molar-refractivity contribution in [2.75, 3.05) is 24.9 Å². The van der Waals surface area contributed by atoms with Gasteiger partial charge in [0, 0.05) is 0 Å². The van der Waals surface area contributed by atoms with Crippen LogP contribution >= 0.6 is 0 Å². The molecule has 4 aromatic rings. The van der Waals surface area contributed by atoms with Crippen molar-refractivity contribution in [1.82, 2.24) is 19.5 Å². The quantitative estimate of drug-likeness (QED) is 0.157. The SMILES string of the molecule is COc1cc(C=NNc2nc3c(N)ncnc3n2[C@@H]2O[C@@H](CO)[C@@H](O)[C@H]2O)ccc1OCc1ccccc1. The van der Waals surface area contributed by atoms with Gasteiger partial charge < -0.3 is 35.3 Å². The molecule has 0 unspecified atom stereocenters. The number of nitrogen functional groups attached to an aromatic ring is 1. The van der Waals surface area contributed by atoms with Gasteiger partial charge in [0.15, 0.2) is 34.7 Å². The summed E-state index contributed by atoms with van der Waals surface area (Å²) >= 11 is 0. The van der Waals surface area contributed by atoms with E-state index in [9.17, 15) is 15.3 Å². The molecule has 1 aliphatic heterocycles. The molecule has 13 nitrogen and oxygen atoms in total. The first-order valence-corrected chi connectivity index (χ1v) is 11.7. The van der Waals surface area contributed by atoms with Crippen LogP contribution in [0.4, 0.5) is 11.8 Å². The molecule has 38 heavy (non-hydrogen) atoms. The number of rotatable bonds is 9. The number of methoxy groups -OCH3 is 1. The van der Waals surface area contributed by atoms with Crippen molar-refractivity contribution in [3.63, 3.8) is 0 Å². The molecule has 0 radical (unpaired) electrons. The van der Waals surface area contributed by atoms with Crippen molar-refractivity contribution in [3.05, 3.63) is 66.0 Å². The highest BCUT2D eigenvalue weighted by Crippen LogP contribution is 2.35.